The molecule has 0 saturated heterocycles. The smallest absolute Gasteiger partial charge is 0.0537 e. The Kier molecular flexibility index (Phi) is 5.20. The summed E-state index contributed by atoms with van der Waals surface area (Å²) in [6.07, 6.45) is 3.80. The second kappa shape index (κ2) is 6.20. The fourth-order valence-electron chi connectivity index (χ4n) is 1.92. The second-order valence-corrected chi connectivity index (χ2v) is 5.90. The van der Waals surface area contributed by atoms with Crippen LogP contribution in [-0.2, 0) is 11.8 Å². The first-order valence-electron chi connectivity index (χ1n) is 6.71. The molecule has 1 aromatic rings. The Labute approximate surface area is 106 Å². The van der Waals surface area contributed by atoms with Crippen molar-refractivity contribution < 1.29 is 5.11 Å². The van der Waals surface area contributed by atoms with E-state index in [9.17, 15) is 5.11 Å². The molecule has 1 nitrogen and oxygen atoms in total. The molecule has 0 aromatic heterocycles. The number of aliphatic hydroxyl groups is 1. The largest absolute Gasteiger partial charge is 0.393 e. The van der Waals surface area contributed by atoms with E-state index >= 15 is 0 Å². The maximum atomic E-state index is 9.49. The van der Waals surface area contributed by atoms with Gasteiger partial charge in [0.25, 0.3) is 0 Å². The maximum absolute atomic E-state index is 9.49. The van der Waals surface area contributed by atoms with E-state index in [-0.39, 0.29) is 11.5 Å². The van der Waals surface area contributed by atoms with Gasteiger partial charge in [0.15, 0.2) is 0 Å². The Bertz CT molecular complexity index is 318. The molecule has 17 heavy (non-hydrogen) atoms. The van der Waals surface area contributed by atoms with Crippen molar-refractivity contribution in [3.63, 3.8) is 0 Å². The van der Waals surface area contributed by atoms with Crippen molar-refractivity contribution in [1.82, 2.24) is 0 Å². The molecule has 0 bridgehead atoms. The number of benzene rings is 1. The van der Waals surface area contributed by atoms with Gasteiger partial charge in [-0.25, -0.2) is 0 Å². The average Bonchev–Trinajstić information content (AvgIpc) is 2.28. The van der Waals surface area contributed by atoms with Gasteiger partial charge in [-0.05, 0) is 42.2 Å². The molecule has 96 valence electrons. The van der Waals surface area contributed by atoms with Crippen LogP contribution in [0.4, 0.5) is 0 Å². The van der Waals surface area contributed by atoms with Gasteiger partial charge in [0, 0.05) is 0 Å². The minimum atomic E-state index is -0.121. The van der Waals surface area contributed by atoms with Crippen LogP contribution in [0.1, 0.15) is 58.1 Å². The average molecular weight is 234 g/mol. The van der Waals surface area contributed by atoms with Gasteiger partial charge >= 0.3 is 0 Å². The Hall–Kier alpha value is -0.820. The molecular formula is C16H26O. The summed E-state index contributed by atoms with van der Waals surface area (Å²) in [5.41, 5.74) is 2.99. The zero-order valence-electron chi connectivity index (χ0n) is 11.7. The Morgan fingerprint density at radius 3 is 2.18 bits per heavy atom. The second-order valence-electron chi connectivity index (χ2n) is 5.90. The van der Waals surface area contributed by atoms with Crippen molar-refractivity contribution in [3.8, 4) is 0 Å². The third-order valence-corrected chi connectivity index (χ3v) is 3.29. The van der Waals surface area contributed by atoms with Crippen molar-refractivity contribution in [2.75, 3.05) is 0 Å². The third-order valence-electron chi connectivity index (χ3n) is 3.29. The highest BCUT2D eigenvalue weighted by atomic mass is 16.3. The van der Waals surface area contributed by atoms with Crippen molar-refractivity contribution in [3.05, 3.63) is 35.4 Å². The normalized spacial score (nSPS) is 13.7. The van der Waals surface area contributed by atoms with Gasteiger partial charge in [-0.2, -0.15) is 0 Å². The molecule has 0 fully saturated rings. The molecule has 0 saturated carbocycles. The lowest BCUT2D eigenvalue weighted by molar-refractivity contribution is 0.158. The first-order valence-corrected chi connectivity index (χ1v) is 6.71. The summed E-state index contributed by atoms with van der Waals surface area (Å²) < 4.78 is 0. The van der Waals surface area contributed by atoms with E-state index in [2.05, 4.69) is 45.0 Å². The Morgan fingerprint density at radius 2 is 1.71 bits per heavy atom. The monoisotopic (exact) mass is 234 g/mol. The van der Waals surface area contributed by atoms with Crippen LogP contribution in [-0.4, -0.2) is 11.2 Å². The fraction of sp³-hybridized carbons (Fsp3) is 0.625. The van der Waals surface area contributed by atoms with Crippen LogP contribution in [0.25, 0.3) is 0 Å². The highest BCUT2D eigenvalue weighted by Crippen LogP contribution is 2.22. The standard InChI is InChI=1S/C16H26O/c1-5-15(17)8-6-7-13-9-11-14(12-10-13)16(2,3)4/h9-12,15,17H,5-8H2,1-4H3. The first kappa shape index (κ1) is 14.2. The van der Waals surface area contributed by atoms with Crippen LogP contribution in [0, 0.1) is 0 Å². The first-order chi connectivity index (χ1) is 7.93. The van der Waals surface area contributed by atoms with Crippen molar-refractivity contribution in [2.24, 2.45) is 0 Å². The van der Waals surface area contributed by atoms with Crippen molar-refractivity contribution in [2.45, 2.75) is 64.9 Å². The molecule has 0 amide bonds. The number of hydrogen-bond donors (Lipinski definition) is 1. The fourth-order valence-corrected chi connectivity index (χ4v) is 1.92. The molecule has 0 radical (unpaired) electrons. The lowest BCUT2D eigenvalue weighted by atomic mass is 9.86. The quantitative estimate of drug-likeness (QED) is 0.814. The molecule has 1 unspecified atom stereocenters. The number of aryl methyl sites for hydroxylation is 1. The highest BCUT2D eigenvalue weighted by Gasteiger charge is 2.12. The summed E-state index contributed by atoms with van der Waals surface area (Å²) in [7, 11) is 0. The van der Waals surface area contributed by atoms with E-state index in [1.165, 1.54) is 11.1 Å². The summed E-state index contributed by atoms with van der Waals surface area (Å²) in [5, 5.41) is 9.49. The van der Waals surface area contributed by atoms with Crippen LogP contribution < -0.4 is 0 Å². The molecule has 0 heterocycles. The molecule has 1 atom stereocenters. The number of hydrogen-bond acceptors (Lipinski definition) is 1. The number of rotatable bonds is 5. The third kappa shape index (κ3) is 4.91. The summed E-state index contributed by atoms with van der Waals surface area (Å²) in [6, 6.07) is 8.90. The van der Waals surface area contributed by atoms with Crippen LogP contribution in [0.15, 0.2) is 24.3 Å². The van der Waals surface area contributed by atoms with Gasteiger partial charge in [-0.3, -0.25) is 0 Å². The van der Waals surface area contributed by atoms with Crippen molar-refractivity contribution in [1.29, 1.82) is 0 Å². The minimum Gasteiger partial charge on any atom is -0.393 e. The van der Waals surface area contributed by atoms with Crippen LogP contribution >= 0.6 is 0 Å². The Morgan fingerprint density at radius 1 is 1.12 bits per heavy atom. The SMILES string of the molecule is CCC(O)CCCc1ccc(C(C)(C)C)cc1. The summed E-state index contributed by atoms with van der Waals surface area (Å²) >= 11 is 0. The van der Waals surface area contributed by atoms with E-state index in [1.807, 2.05) is 6.92 Å². The predicted octanol–water partition coefficient (Wildman–Crippen LogP) is 4.08. The van der Waals surface area contributed by atoms with Gasteiger partial charge in [-0.15, -0.1) is 0 Å². The lowest BCUT2D eigenvalue weighted by Gasteiger charge is -2.19. The summed E-state index contributed by atoms with van der Waals surface area (Å²) in [4.78, 5) is 0. The van der Waals surface area contributed by atoms with Crippen LogP contribution in [0.2, 0.25) is 0 Å². The molecule has 1 heteroatoms. The van der Waals surface area contributed by atoms with E-state index in [0.717, 1.165) is 25.7 Å². The van der Waals surface area contributed by atoms with Gasteiger partial charge in [-0.1, -0.05) is 52.0 Å². The molecular weight excluding hydrogens is 208 g/mol. The predicted molar refractivity (Wildman–Crippen MR) is 74.4 cm³/mol. The molecule has 1 rings (SSSR count). The molecule has 0 aliphatic rings. The van der Waals surface area contributed by atoms with Gasteiger partial charge < -0.3 is 5.11 Å². The van der Waals surface area contributed by atoms with E-state index < -0.39 is 0 Å². The molecule has 1 N–H and O–H groups in total. The molecule has 0 aliphatic carbocycles. The lowest BCUT2D eigenvalue weighted by Crippen LogP contribution is -2.10. The van der Waals surface area contributed by atoms with Gasteiger partial charge in [0.05, 0.1) is 6.10 Å². The van der Waals surface area contributed by atoms with Gasteiger partial charge in [0.2, 0.25) is 0 Å². The Balaban J connectivity index is 2.46. The highest BCUT2D eigenvalue weighted by molar-refractivity contribution is 5.27. The van der Waals surface area contributed by atoms with E-state index in [4.69, 9.17) is 0 Å². The minimum absolute atomic E-state index is 0.121. The van der Waals surface area contributed by atoms with E-state index in [1.54, 1.807) is 0 Å². The summed E-state index contributed by atoms with van der Waals surface area (Å²) in [5.74, 6) is 0. The molecule has 1 aromatic carbocycles. The van der Waals surface area contributed by atoms with Crippen LogP contribution in [0.5, 0.6) is 0 Å². The molecule has 0 aliphatic heterocycles. The van der Waals surface area contributed by atoms with Gasteiger partial charge in [0.1, 0.15) is 0 Å². The zero-order valence-corrected chi connectivity index (χ0v) is 11.7. The number of aliphatic hydroxyl groups excluding tert-OH is 1. The topological polar surface area (TPSA) is 20.2 Å². The van der Waals surface area contributed by atoms with E-state index in [0.29, 0.717) is 0 Å². The molecule has 0 spiro atoms. The van der Waals surface area contributed by atoms with Crippen LogP contribution in [0.3, 0.4) is 0 Å². The maximum Gasteiger partial charge on any atom is 0.0537 e. The van der Waals surface area contributed by atoms with Crippen molar-refractivity contribution >= 4 is 0 Å². The zero-order chi connectivity index (χ0) is 12.9. The summed E-state index contributed by atoms with van der Waals surface area (Å²) in [6.45, 7) is 8.74.